The molecule has 0 aliphatic carbocycles. The predicted molar refractivity (Wildman–Crippen MR) is 68.7 cm³/mol. The zero-order chi connectivity index (χ0) is 13.0. The van der Waals surface area contributed by atoms with Crippen molar-refractivity contribution in [3.8, 4) is 5.75 Å². The number of nitrogens with zero attached hydrogens (tertiary/aromatic N) is 2. The van der Waals surface area contributed by atoms with E-state index in [1.165, 1.54) is 0 Å². The summed E-state index contributed by atoms with van der Waals surface area (Å²) in [7, 11) is 0. The van der Waals surface area contributed by atoms with Crippen LogP contribution in [-0.2, 0) is 0 Å². The van der Waals surface area contributed by atoms with Crippen LogP contribution < -0.4 is 10.1 Å². The molecule has 0 bridgehead atoms. The Morgan fingerprint density at radius 1 is 1.33 bits per heavy atom. The molecule has 18 heavy (non-hydrogen) atoms. The number of ether oxygens (including phenoxy) is 1. The molecular formula is C13H15N3O2. The lowest BCUT2D eigenvalue weighted by atomic mass is 10.3. The molecule has 0 saturated heterocycles. The van der Waals surface area contributed by atoms with Gasteiger partial charge < -0.3 is 4.74 Å². The van der Waals surface area contributed by atoms with E-state index in [1.807, 2.05) is 19.9 Å². The molecule has 0 unspecified atom stereocenters. The van der Waals surface area contributed by atoms with E-state index in [4.69, 9.17) is 4.74 Å². The van der Waals surface area contributed by atoms with Crippen molar-refractivity contribution in [3.05, 3.63) is 42.7 Å². The summed E-state index contributed by atoms with van der Waals surface area (Å²) in [5.41, 5.74) is 0.615. The van der Waals surface area contributed by atoms with E-state index in [1.54, 1.807) is 41.3 Å². The van der Waals surface area contributed by atoms with Gasteiger partial charge in [-0.3, -0.25) is 10.00 Å². The van der Waals surface area contributed by atoms with E-state index in [9.17, 15) is 4.79 Å². The van der Waals surface area contributed by atoms with Gasteiger partial charge in [0.15, 0.2) is 0 Å². The number of aromatic nitrogens is 2. The SMILES string of the molecule is CC(C)n1cc(NC(=O)Oc2ccccc2)cn1. The summed E-state index contributed by atoms with van der Waals surface area (Å²) in [6, 6.07) is 9.16. The smallest absolute Gasteiger partial charge is 0.410 e. The largest absolute Gasteiger partial charge is 0.417 e. The molecule has 0 aliphatic heterocycles. The van der Waals surface area contributed by atoms with Gasteiger partial charge in [-0.25, -0.2) is 4.79 Å². The Bertz CT molecular complexity index is 520. The minimum absolute atomic E-state index is 0.255. The second-order valence-electron chi connectivity index (χ2n) is 4.13. The number of amides is 1. The lowest BCUT2D eigenvalue weighted by Crippen LogP contribution is -2.16. The average Bonchev–Trinajstić information content (AvgIpc) is 2.78. The van der Waals surface area contributed by atoms with Crippen molar-refractivity contribution < 1.29 is 9.53 Å². The zero-order valence-corrected chi connectivity index (χ0v) is 10.3. The Balaban J connectivity index is 1.95. The van der Waals surface area contributed by atoms with Gasteiger partial charge in [0, 0.05) is 12.2 Å². The fourth-order valence-electron chi connectivity index (χ4n) is 1.42. The first-order valence-electron chi connectivity index (χ1n) is 5.73. The number of carbonyl (C=O) groups excluding carboxylic acids is 1. The van der Waals surface area contributed by atoms with Crippen LogP contribution in [0.25, 0.3) is 0 Å². The highest BCUT2D eigenvalue weighted by Gasteiger charge is 2.07. The predicted octanol–water partition coefficient (Wildman–Crippen LogP) is 3.07. The van der Waals surface area contributed by atoms with Crippen molar-refractivity contribution in [1.29, 1.82) is 0 Å². The third-order valence-electron chi connectivity index (χ3n) is 2.33. The Labute approximate surface area is 105 Å². The molecule has 1 amide bonds. The summed E-state index contributed by atoms with van der Waals surface area (Å²) in [6.07, 6.45) is 2.83. The van der Waals surface area contributed by atoms with Crippen LogP contribution >= 0.6 is 0 Å². The molecule has 0 spiro atoms. The maximum Gasteiger partial charge on any atom is 0.417 e. The standard InChI is InChI=1S/C13H15N3O2/c1-10(2)16-9-11(8-14-16)15-13(17)18-12-6-4-3-5-7-12/h3-10H,1-2H3,(H,15,17). The first-order valence-corrected chi connectivity index (χ1v) is 5.73. The van der Waals surface area contributed by atoms with Gasteiger partial charge in [-0.05, 0) is 26.0 Å². The van der Waals surface area contributed by atoms with Gasteiger partial charge in [-0.1, -0.05) is 18.2 Å². The summed E-state index contributed by atoms with van der Waals surface area (Å²) in [5.74, 6) is 0.506. The summed E-state index contributed by atoms with van der Waals surface area (Å²) < 4.78 is 6.86. The minimum Gasteiger partial charge on any atom is -0.410 e. The summed E-state index contributed by atoms with van der Waals surface area (Å²) in [4.78, 5) is 11.6. The highest BCUT2D eigenvalue weighted by Crippen LogP contribution is 2.12. The maximum atomic E-state index is 11.6. The van der Waals surface area contributed by atoms with Crippen molar-refractivity contribution >= 4 is 11.8 Å². The number of nitrogens with one attached hydrogen (secondary N) is 1. The van der Waals surface area contributed by atoms with Gasteiger partial charge in [0.1, 0.15) is 5.75 Å². The van der Waals surface area contributed by atoms with Gasteiger partial charge in [0.25, 0.3) is 0 Å². The van der Waals surface area contributed by atoms with Crippen LogP contribution in [0.15, 0.2) is 42.7 Å². The summed E-state index contributed by atoms with van der Waals surface area (Å²) >= 11 is 0. The normalized spacial score (nSPS) is 10.4. The first kappa shape index (κ1) is 12.2. The fraction of sp³-hybridized carbons (Fsp3) is 0.231. The van der Waals surface area contributed by atoms with E-state index < -0.39 is 6.09 Å². The highest BCUT2D eigenvalue weighted by atomic mass is 16.6. The number of benzene rings is 1. The zero-order valence-electron chi connectivity index (χ0n) is 10.3. The lowest BCUT2D eigenvalue weighted by molar-refractivity contribution is 0.215. The first-order chi connectivity index (χ1) is 8.65. The third kappa shape index (κ3) is 3.10. The molecule has 5 nitrogen and oxygen atoms in total. The highest BCUT2D eigenvalue weighted by molar-refractivity contribution is 5.85. The van der Waals surface area contributed by atoms with Crippen LogP contribution in [0.1, 0.15) is 19.9 Å². The lowest BCUT2D eigenvalue weighted by Gasteiger charge is -2.05. The topological polar surface area (TPSA) is 56.2 Å². The van der Waals surface area contributed by atoms with Crippen molar-refractivity contribution in [2.75, 3.05) is 5.32 Å². The van der Waals surface area contributed by atoms with Crippen molar-refractivity contribution in [2.45, 2.75) is 19.9 Å². The van der Waals surface area contributed by atoms with Crippen LogP contribution in [0.3, 0.4) is 0 Å². The number of hydrogen-bond acceptors (Lipinski definition) is 3. The Morgan fingerprint density at radius 2 is 2.06 bits per heavy atom. The Kier molecular flexibility index (Phi) is 3.62. The molecule has 1 aromatic heterocycles. The van der Waals surface area contributed by atoms with Gasteiger partial charge in [-0.15, -0.1) is 0 Å². The van der Waals surface area contributed by atoms with E-state index >= 15 is 0 Å². The minimum atomic E-state index is -0.524. The number of hydrogen-bond donors (Lipinski definition) is 1. The molecule has 94 valence electrons. The average molecular weight is 245 g/mol. The third-order valence-corrected chi connectivity index (χ3v) is 2.33. The van der Waals surface area contributed by atoms with Crippen LogP contribution in [0.4, 0.5) is 10.5 Å². The van der Waals surface area contributed by atoms with Gasteiger partial charge in [0.2, 0.25) is 0 Å². The summed E-state index contributed by atoms with van der Waals surface area (Å²) in [5, 5.41) is 6.74. The van der Waals surface area contributed by atoms with Crippen molar-refractivity contribution in [3.63, 3.8) is 0 Å². The quantitative estimate of drug-likeness (QED) is 0.904. The van der Waals surface area contributed by atoms with Crippen LogP contribution in [0.2, 0.25) is 0 Å². The Morgan fingerprint density at radius 3 is 2.67 bits per heavy atom. The molecule has 1 N–H and O–H groups in total. The molecule has 0 atom stereocenters. The molecule has 0 saturated carbocycles. The second kappa shape index (κ2) is 5.35. The maximum absolute atomic E-state index is 11.6. The number of anilines is 1. The molecule has 0 radical (unpaired) electrons. The van der Waals surface area contributed by atoms with Crippen molar-refractivity contribution in [1.82, 2.24) is 9.78 Å². The molecule has 0 fully saturated rings. The van der Waals surface area contributed by atoms with E-state index in [2.05, 4.69) is 10.4 Å². The van der Waals surface area contributed by atoms with Gasteiger partial charge in [0.05, 0.1) is 11.9 Å². The van der Waals surface area contributed by atoms with E-state index in [0.29, 0.717) is 11.4 Å². The van der Waals surface area contributed by atoms with Gasteiger partial charge in [-0.2, -0.15) is 5.10 Å². The van der Waals surface area contributed by atoms with Gasteiger partial charge >= 0.3 is 6.09 Å². The van der Waals surface area contributed by atoms with Crippen LogP contribution in [0.5, 0.6) is 5.75 Å². The van der Waals surface area contributed by atoms with Crippen molar-refractivity contribution in [2.24, 2.45) is 0 Å². The number of carbonyl (C=O) groups is 1. The molecular weight excluding hydrogens is 230 g/mol. The number of para-hydroxylation sites is 1. The van der Waals surface area contributed by atoms with Crippen LogP contribution in [0, 0.1) is 0 Å². The molecule has 0 aliphatic rings. The second-order valence-corrected chi connectivity index (χ2v) is 4.13. The molecule has 1 aromatic carbocycles. The molecule has 5 heteroatoms. The molecule has 2 aromatic rings. The van der Waals surface area contributed by atoms with E-state index in [0.717, 1.165) is 0 Å². The molecule has 2 rings (SSSR count). The Hall–Kier alpha value is -2.30. The molecule has 1 heterocycles. The summed E-state index contributed by atoms with van der Waals surface area (Å²) in [6.45, 7) is 4.03. The number of rotatable bonds is 3. The van der Waals surface area contributed by atoms with Crippen LogP contribution in [-0.4, -0.2) is 15.9 Å². The monoisotopic (exact) mass is 245 g/mol. The van der Waals surface area contributed by atoms with E-state index in [-0.39, 0.29) is 6.04 Å². The fourth-order valence-corrected chi connectivity index (χ4v) is 1.42.